The van der Waals surface area contributed by atoms with E-state index in [4.69, 9.17) is 0 Å². The summed E-state index contributed by atoms with van der Waals surface area (Å²) in [5.41, 5.74) is 0. The first-order valence-electron chi connectivity index (χ1n) is 7.32. The summed E-state index contributed by atoms with van der Waals surface area (Å²) in [6.45, 7) is 8.28. The molecule has 0 radical (unpaired) electrons. The van der Waals surface area contributed by atoms with Gasteiger partial charge < -0.3 is 0 Å². The summed E-state index contributed by atoms with van der Waals surface area (Å²) in [4.78, 5) is 5.23. The van der Waals surface area contributed by atoms with Crippen LogP contribution in [0.4, 0.5) is 0 Å². The van der Waals surface area contributed by atoms with E-state index in [0.717, 1.165) is 18.8 Å². The van der Waals surface area contributed by atoms with Crippen LogP contribution in [0.2, 0.25) is 0 Å². The second-order valence-electron chi connectivity index (χ2n) is 5.78. The summed E-state index contributed by atoms with van der Waals surface area (Å²) in [6.07, 6.45) is 6.23. The predicted molar refractivity (Wildman–Crippen MR) is 69.5 cm³/mol. The Morgan fingerprint density at radius 1 is 0.882 bits per heavy atom. The smallest absolute Gasteiger partial charge is 0.0906 e. The topological polar surface area (TPSA) is 30.5 Å². The number of hydrogen-bond donors (Lipinski definition) is 2. The lowest BCUT2D eigenvalue weighted by atomic mass is 10.0. The van der Waals surface area contributed by atoms with Gasteiger partial charge in [-0.1, -0.05) is 13.8 Å². The first-order chi connectivity index (χ1) is 8.31. The molecule has 0 aromatic rings. The molecular weight excluding hydrogens is 212 g/mol. The summed E-state index contributed by atoms with van der Waals surface area (Å²) >= 11 is 0. The van der Waals surface area contributed by atoms with Gasteiger partial charge in [-0.2, -0.15) is 0 Å². The van der Waals surface area contributed by atoms with Crippen molar-refractivity contribution in [2.75, 3.05) is 19.8 Å². The Balaban J connectivity index is 1.69. The predicted octanol–water partition coefficient (Wildman–Crippen LogP) is 0.758. The van der Waals surface area contributed by atoms with Crippen molar-refractivity contribution in [2.45, 2.75) is 63.9 Å². The maximum atomic E-state index is 3.83. The fraction of sp³-hybridized carbons (Fsp3) is 1.00. The molecule has 0 spiro atoms. The number of nitrogens with one attached hydrogen (secondary N) is 2. The second kappa shape index (κ2) is 4.84. The molecule has 3 saturated heterocycles. The molecule has 3 aliphatic heterocycles. The normalized spacial score (nSPS) is 43.4. The molecule has 3 rings (SSSR count). The van der Waals surface area contributed by atoms with Crippen molar-refractivity contribution in [1.82, 2.24) is 20.4 Å². The van der Waals surface area contributed by atoms with Crippen LogP contribution in [0.1, 0.15) is 39.5 Å². The van der Waals surface area contributed by atoms with E-state index in [1.807, 2.05) is 0 Å². The fourth-order valence-electron chi connectivity index (χ4n) is 3.56. The molecular formula is C13H26N4. The minimum atomic E-state index is 0.544. The van der Waals surface area contributed by atoms with Crippen LogP contribution in [0.25, 0.3) is 0 Å². The van der Waals surface area contributed by atoms with E-state index in [0.29, 0.717) is 12.3 Å². The van der Waals surface area contributed by atoms with Gasteiger partial charge in [0.05, 0.1) is 19.0 Å². The molecule has 4 nitrogen and oxygen atoms in total. The Bertz CT molecular complexity index is 244. The molecule has 0 bridgehead atoms. The maximum absolute atomic E-state index is 3.83. The molecule has 0 unspecified atom stereocenters. The second-order valence-corrected chi connectivity index (χ2v) is 5.78. The lowest BCUT2D eigenvalue weighted by Crippen LogP contribution is -2.63. The van der Waals surface area contributed by atoms with Gasteiger partial charge in [0, 0.05) is 25.2 Å². The Labute approximate surface area is 105 Å². The van der Waals surface area contributed by atoms with Crippen molar-refractivity contribution < 1.29 is 0 Å². The Hall–Kier alpha value is -0.160. The van der Waals surface area contributed by atoms with Crippen molar-refractivity contribution in [3.63, 3.8) is 0 Å². The SMILES string of the molecule is CC[C@H]1CCN2CN3CC[C@@H](CC)N[C@H]3[C@H]2N1. The molecule has 0 saturated carbocycles. The van der Waals surface area contributed by atoms with E-state index >= 15 is 0 Å². The molecule has 4 atom stereocenters. The molecule has 0 amide bonds. The molecule has 98 valence electrons. The zero-order chi connectivity index (χ0) is 11.8. The van der Waals surface area contributed by atoms with Crippen LogP contribution in [-0.2, 0) is 0 Å². The van der Waals surface area contributed by atoms with Gasteiger partial charge in [-0.3, -0.25) is 20.4 Å². The van der Waals surface area contributed by atoms with Crippen molar-refractivity contribution in [2.24, 2.45) is 0 Å². The Morgan fingerprint density at radius 2 is 1.35 bits per heavy atom. The highest BCUT2D eigenvalue weighted by Gasteiger charge is 2.44. The van der Waals surface area contributed by atoms with E-state index in [2.05, 4.69) is 34.3 Å². The van der Waals surface area contributed by atoms with Gasteiger partial charge in [-0.25, -0.2) is 0 Å². The van der Waals surface area contributed by atoms with E-state index in [9.17, 15) is 0 Å². The molecule has 3 fully saturated rings. The average molecular weight is 238 g/mol. The molecule has 2 N–H and O–H groups in total. The number of hydrogen-bond acceptors (Lipinski definition) is 4. The highest BCUT2D eigenvalue weighted by atomic mass is 15.5. The van der Waals surface area contributed by atoms with Crippen molar-refractivity contribution in [3.8, 4) is 0 Å². The van der Waals surface area contributed by atoms with Gasteiger partial charge >= 0.3 is 0 Å². The van der Waals surface area contributed by atoms with E-state index < -0.39 is 0 Å². The van der Waals surface area contributed by atoms with Crippen LogP contribution >= 0.6 is 0 Å². The fourth-order valence-corrected chi connectivity index (χ4v) is 3.56. The van der Waals surface area contributed by atoms with Gasteiger partial charge in [0.2, 0.25) is 0 Å². The molecule has 3 heterocycles. The maximum Gasteiger partial charge on any atom is 0.0906 e. The van der Waals surface area contributed by atoms with Crippen LogP contribution in [-0.4, -0.2) is 54.0 Å². The molecule has 0 aromatic heterocycles. The Kier molecular flexibility index (Phi) is 3.39. The standard InChI is InChI=1S/C13H26N4/c1-3-10-5-7-16-9-17-8-6-11(4-2)15-13(17)12(16)14-10/h10-15H,3-9H2,1-2H3/t10-,11+,12-,13+. The number of fused-ring (bicyclic) bond motifs is 3. The summed E-state index contributed by atoms with van der Waals surface area (Å²) < 4.78 is 0. The summed E-state index contributed by atoms with van der Waals surface area (Å²) in [6, 6.07) is 1.44. The molecule has 0 aliphatic carbocycles. The third-order valence-corrected chi connectivity index (χ3v) is 4.78. The molecule has 4 heteroatoms. The third-order valence-electron chi connectivity index (χ3n) is 4.78. The van der Waals surface area contributed by atoms with Gasteiger partial charge in [-0.05, 0) is 25.7 Å². The van der Waals surface area contributed by atoms with E-state index in [1.54, 1.807) is 0 Å². The summed E-state index contributed by atoms with van der Waals surface area (Å²) in [5.74, 6) is 0. The zero-order valence-electron chi connectivity index (χ0n) is 11.2. The lowest BCUT2D eigenvalue weighted by Gasteiger charge is -2.40. The monoisotopic (exact) mass is 238 g/mol. The van der Waals surface area contributed by atoms with Crippen LogP contribution in [0, 0.1) is 0 Å². The molecule has 3 aliphatic rings. The lowest BCUT2D eigenvalue weighted by molar-refractivity contribution is 0.109. The highest BCUT2D eigenvalue weighted by molar-refractivity contribution is 4.98. The minimum absolute atomic E-state index is 0.544. The number of nitrogens with zero attached hydrogens (tertiary/aromatic N) is 2. The quantitative estimate of drug-likeness (QED) is 0.743. The van der Waals surface area contributed by atoms with Gasteiger partial charge in [0.1, 0.15) is 0 Å². The van der Waals surface area contributed by atoms with Gasteiger partial charge in [-0.15, -0.1) is 0 Å². The van der Waals surface area contributed by atoms with Crippen LogP contribution < -0.4 is 10.6 Å². The largest absolute Gasteiger partial charge is 0.296 e. The third kappa shape index (κ3) is 2.12. The Morgan fingerprint density at radius 3 is 1.76 bits per heavy atom. The van der Waals surface area contributed by atoms with E-state index in [1.165, 1.54) is 38.8 Å². The minimum Gasteiger partial charge on any atom is -0.296 e. The zero-order valence-corrected chi connectivity index (χ0v) is 11.2. The van der Waals surface area contributed by atoms with Crippen LogP contribution in [0.15, 0.2) is 0 Å². The first-order valence-corrected chi connectivity index (χ1v) is 7.32. The van der Waals surface area contributed by atoms with Crippen LogP contribution in [0.3, 0.4) is 0 Å². The molecule has 17 heavy (non-hydrogen) atoms. The van der Waals surface area contributed by atoms with Gasteiger partial charge in [0.25, 0.3) is 0 Å². The summed E-state index contributed by atoms with van der Waals surface area (Å²) in [5, 5.41) is 7.66. The summed E-state index contributed by atoms with van der Waals surface area (Å²) in [7, 11) is 0. The van der Waals surface area contributed by atoms with E-state index in [-0.39, 0.29) is 0 Å². The van der Waals surface area contributed by atoms with Crippen molar-refractivity contribution >= 4 is 0 Å². The highest BCUT2D eigenvalue weighted by Crippen LogP contribution is 2.26. The number of rotatable bonds is 2. The van der Waals surface area contributed by atoms with Crippen molar-refractivity contribution in [3.05, 3.63) is 0 Å². The van der Waals surface area contributed by atoms with Crippen molar-refractivity contribution in [1.29, 1.82) is 0 Å². The molecule has 0 aromatic carbocycles. The van der Waals surface area contributed by atoms with Gasteiger partial charge in [0.15, 0.2) is 0 Å². The van der Waals surface area contributed by atoms with Crippen LogP contribution in [0.5, 0.6) is 0 Å². The average Bonchev–Trinajstić information content (AvgIpc) is 2.75. The first kappa shape index (κ1) is 11.9.